The van der Waals surface area contributed by atoms with Gasteiger partial charge in [0, 0.05) is 50.2 Å². The van der Waals surface area contributed by atoms with Crippen LogP contribution in [0.15, 0.2) is 176 Å². The van der Waals surface area contributed by atoms with Crippen LogP contribution in [-0.4, -0.2) is 14.5 Å². The number of hydrogen-bond donors (Lipinski definition) is 0. The Morgan fingerprint density at radius 2 is 1.07 bits per heavy atom. The Morgan fingerprint density at radius 1 is 0.446 bits per heavy atom. The van der Waals surface area contributed by atoms with E-state index in [2.05, 4.69) is 88.3 Å². The van der Waals surface area contributed by atoms with Gasteiger partial charge in [-0.2, -0.15) is 15.8 Å². The Kier molecular flexibility index (Phi) is 8.53. The second-order valence-corrected chi connectivity index (χ2v) is 13.2. The molecule has 7 aromatic carbocycles. The molecule has 7 nitrogen and oxygen atoms in total. The van der Waals surface area contributed by atoms with Gasteiger partial charge in [-0.15, -0.1) is 0 Å². The molecule has 0 aliphatic heterocycles. The van der Waals surface area contributed by atoms with Crippen molar-refractivity contribution in [1.82, 2.24) is 14.5 Å². The van der Waals surface area contributed by atoms with E-state index >= 15 is 0 Å². The largest absolute Gasteiger partial charge is 0.310 e. The third kappa shape index (κ3) is 6.06. The van der Waals surface area contributed by atoms with Crippen molar-refractivity contribution in [2.24, 2.45) is 0 Å². The summed E-state index contributed by atoms with van der Waals surface area (Å²) in [5.41, 5.74) is 10.6. The molecule has 9 aromatic rings. The van der Waals surface area contributed by atoms with E-state index in [0.717, 1.165) is 50.1 Å². The topological polar surface area (TPSA) is 105 Å². The Labute approximate surface area is 323 Å². The maximum absolute atomic E-state index is 10.7. The number of rotatable bonds is 7. The minimum Gasteiger partial charge on any atom is -0.310 e. The van der Waals surface area contributed by atoms with Gasteiger partial charge in [-0.05, 0) is 97.1 Å². The maximum atomic E-state index is 10.7. The molecule has 2 aromatic heterocycles. The van der Waals surface area contributed by atoms with Crippen LogP contribution in [0.4, 0.5) is 17.1 Å². The smallest absolute Gasteiger partial charge is 0.160 e. The summed E-state index contributed by atoms with van der Waals surface area (Å²) < 4.78 is 2.20. The van der Waals surface area contributed by atoms with E-state index in [0.29, 0.717) is 45.0 Å². The summed E-state index contributed by atoms with van der Waals surface area (Å²) in [5.74, 6) is 0.406. The highest BCUT2D eigenvalue weighted by Gasteiger charge is 2.19. The number of anilines is 3. The van der Waals surface area contributed by atoms with E-state index < -0.39 is 0 Å². The fourth-order valence-corrected chi connectivity index (χ4v) is 7.30. The minimum absolute atomic E-state index is 0.406. The molecule has 2 heterocycles. The highest BCUT2D eigenvalue weighted by Crippen LogP contribution is 2.40. The first-order chi connectivity index (χ1) is 27.6. The lowest BCUT2D eigenvalue weighted by atomic mass is 10.0. The average Bonchev–Trinajstić information content (AvgIpc) is 3.60. The predicted molar refractivity (Wildman–Crippen MR) is 222 cm³/mol. The van der Waals surface area contributed by atoms with Crippen LogP contribution in [-0.2, 0) is 0 Å². The van der Waals surface area contributed by atoms with Gasteiger partial charge in [-0.1, -0.05) is 78.9 Å². The van der Waals surface area contributed by atoms with Gasteiger partial charge in [0.25, 0.3) is 0 Å². The molecule has 0 atom stereocenters. The van der Waals surface area contributed by atoms with E-state index in [1.54, 1.807) is 30.3 Å². The van der Waals surface area contributed by atoms with Crippen molar-refractivity contribution >= 4 is 38.9 Å². The molecule has 260 valence electrons. The van der Waals surface area contributed by atoms with Gasteiger partial charge >= 0.3 is 0 Å². The number of nitrogens with zero attached hydrogens (tertiary/aromatic N) is 7. The Morgan fingerprint density at radius 3 is 1.77 bits per heavy atom. The van der Waals surface area contributed by atoms with Crippen molar-refractivity contribution in [3.63, 3.8) is 0 Å². The molecule has 0 unspecified atom stereocenters. The lowest BCUT2D eigenvalue weighted by Gasteiger charge is -2.25. The Bertz CT molecular complexity index is 2960. The molecule has 0 saturated heterocycles. The molecule has 9 rings (SSSR count). The van der Waals surface area contributed by atoms with Crippen molar-refractivity contribution in [3.05, 3.63) is 193 Å². The van der Waals surface area contributed by atoms with E-state index in [1.807, 2.05) is 84.9 Å². The van der Waals surface area contributed by atoms with Crippen LogP contribution in [0.3, 0.4) is 0 Å². The summed E-state index contributed by atoms with van der Waals surface area (Å²) in [6.45, 7) is 0. The third-order valence-corrected chi connectivity index (χ3v) is 9.86. The fourth-order valence-electron chi connectivity index (χ4n) is 7.30. The number of nitriles is 3. The third-order valence-electron chi connectivity index (χ3n) is 9.86. The van der Waals surface area contributed by atoms with Gasteiger partial charge in [-0.3, -0.25) is 0 Å². The van der Waals surface area contributed by atoms with E-state index in [1.165, 1.54) is 0 Å². The van der Waals surface area contributed by atoms with Gasteiger partial charge in [0.2, 0.25) is 0 Å². The second-order valence-electron chi connectivity index (χ2n) is 13.2. The molecule has 0 amide bonds. The first-order valence-electron chi connectivity index (χ1n) is 18.0. The number of fused-ring (bicyclic) bond motifs is 3. The van der Waals surface area contributed by atoms with Gasteiger partial charge in [0.05, 0.1) is 57.3 Å². The zero-order valence-corrected chi connectivity index (χ0v) is 29.9. The van der Waals surface area contributed by atoms with Crippen LogP contribution in [0, 0.1) is 34.0 Å². The highest BCUT2D eigenvalue weighted by atomic mass is 15.1. The molecular weight excluding hydrogens is 687 g/mol. The van der Waals surface area contributed by atoms with E-state index in [9.17, 15) is 15.8 Å². The lowest BCUT2D eigenvalue weighted by Crippen LogP contribution is -2.09. The van der Waals surface area contributed by atoms with Crippen LogP contribution in [0.25, 0.3) is 61.4 Å². The average molecular weight is 716 g/mol. The van der Waals surface area contributed by atoms with Crippen LogP contribution < -0.4 is 4.90 Å². The van der Waals surface area contributed by atoms with Crippen molar-refractivity contribution in [3.8, 4) is 57.8 Å². The Balaban J connectivity index is 1.20. The summed E-state index contributed by atoms with van der Waals surface area (Å²) in [6, 6.07) is 64.5. The predicted octanol–water partition coefficient (Wildman–Crippen LogP) is 11.7. The lowest BCUT2D eigenvalue weighted by molar-refractivity contribution is 1.16. The van der Waals surface area contributed by atoms with Crippen molar-refractivity contribution in [2.75, 3.05) is 4.90 Å². The summed E-state index contributed by atoms with van der Waals surface area (Å²) >= 11 is 0. The number of para-hydroxylation sites is 3. The summed E-state index contributed by atoms with van der Waals surface area (Å²) in [4.78, 5) is 12.1. The summed E-state index contributed by atoms with van der Waals surface area (Å²) in [6.07, 6.45) is 0. The molecule has 0 N–H and O–H groups in total. The SMILES string of the molecule is N#Cc1cccc(-c2cc(-c3ccc(-n4c5ccccc5c5cc(N(c6ccccc6)c6ccccc6)ccc54)cc3C#N)nc(-c3cccc(C#N)c3)n2)c1. The normalized spacial score (nSPS) is 10.8. The van der Waals surface area contributed by atoms with Crippen LogP contribution >= 0.6 is 0 Å². The number of hydrogen-bond acceptors (Lipinski definition) is 6. The quantitative estimate of drug-likeness (QED) is 0.163. The number of benzene rings is 7. The van der Waals surface area contributed by atoms with Crippen molar-refractivity contribution in [1.29, 1.82) is 15.8 Å². The zero-order chi connectivity index (χ0) is 38.0. The molecule has 0 aliphatic carbocycles. The van der Waals surface area contributed by atoms with Crippen LogP contribution in [0.5, 0.6) is 0 Å². The molecule has 0 fully saturated rings. The molecule has 0 spiro atoms. The maximum Gasteiger partial charge on any atom is 0.160 e. The van der Waals surface area contributed by atoms with Crippen molar-refractivity contribution < 1.29 is 0 Å². The van der Waals surface area contributed by atoms with E-state index in [-0.39, 0.29) is 0 Å². The van der Waals surface area contributed by atoms with Crippen molar-refractivity contribution in [2.45, 2.75) is 0 Å². The van der Waals surface area contributed by atoms with E-state index in [4.69, 9.17) is 9.97 Å². The molecule has 56 heavy (non-hydrogen) atoms. The molecule has 7 heteroatoms. The monoisotopic (exact) mass is 715 g/mol. The zero-order valence-electron chi connectivity index (χ0n) is 29.9. The molecule has 0 saturated carbocycles. The first-order valence-corrected chi connectivity index (χ1v) is 18.0. The molecular formula is C49H29N7. The highest BCUT2D eigenvalue weighted by molar-refractivity contribution is 6.10. The van der Waals surface area contributed by atoms with Gasteiger partial charge in [0.1, 0.15) is 0 Å². The van der Waals surface area contributed by atoms with Gasteiger partial charge < -0.3 is 9.47 Å². The van der Waals surface area contributed by atoms with Crippen LogP contribution in [0.1, 0.15) is 16.7 Å². The Hall–Kier alpha value is -8.31. The fraction of sp³-hybridized carbons (Fsp3) is 0. The number of aromatic nitrogens is 3. The second kappa shape index (κ2) is 14.3. The minimum atomic E-state index is 0.406. The first kappa shape index (κ1) is 33.5. The summed E-state index contributed by atoms with van der Waals surface area (Å²) in [5, 5.41) is 32.1. The molecule has 0 bridgehead atoms. The molecule has 0 aliphatic rings. The standard InChI is InChI=1S/C49H29N7/c50-30-33-11-9-13-35(25-33)45-29-46(54-49(53-45)36-14-10-12-34(26-36)31-51)42-23-21-40(27-37(42)32-52)56-47-20-8-7-19-43(47)44-28-41(22-24-48(44)56)55(38-15-3-1-4-16-38)39-17-5-2-6-18-39/h1-29H. The molecule has 0 radical (unpaired) electrons. The van der Waals surface area contributed by atoms with Crippen LogP contribution in [0.2, 0.25) is 0 Å². The summed E-state index contributed by atoms with van der Waals surface area (Å²) in [7, 11) is 0. The van der Waals surface area contributed by atoms with Gasteiger partial charge in [-0.25, -0.2) is 9.97 Å². The van der Waals surface area contributed by atoms with Gasteiger partial charge in [0.15, 0.2) is 5.82 Å².